The van der Waals surface area contributed by atoms with Crippen molar-refractivity contribution < 1.29 is 57.8 Å². The highest BCUT2D eigenvalue weighted by atomic mass is 19.4. The van der Waals surface area contributed by atoms with Crippen molar-refractivity contribution >= 4 is 0 Å². The Bertz CT molecular complexity index is 565. The molecule has 0 N–H and O–H groups in total. The highest BCUT2D eigenvalue weighted by molar-refractivity contribution is 4.98. The van der Waals surface area contributed by atoms with Gasteiger partial charge in [-0.05, 0) is 25.9 Å². The molecule has 0 radical (unpaired) electrons. The number of hydrogen-bond donors (Lipinski definition) is 0. The van der Waals surface area contributed by atoms with Crippen LogP contribution in [-0.2, 0) is 9.47 Å². The van der Waals surface area contributed by atoms with Gasteiger partial charge in [0.1, 0.15) is 6.10 Å². The minimum absolute atomic E-state index is 0.225. The van der Waals surface area contributed by atoms with E-state index in [9.17, 15) is 48.3 Å². The Balaban J connectivity index is 2.06. The smallest absolute Gasteiger partial charge is 0.373 e. The molecule has 0 saturated carbocycles. The van der Waals surface area contributed by atoms with E-state index < -0.39 is 68.3 Å². The predicted octanol–water partition coefficient (Wildman–Crippen LogP) is 5.14. The molecule has 0 spiro atoms. The number of alkyl halides is 11. The summed E-state index contributed by atoms with van der Waals surface area (Å²) in [6, 6.07) is -3.20. The molecule has 184 valence electrons. The first-order valence-corrected chi connectivity index (χ1v) is 9.57. The Labute approximate surface area is 170 Å². The average Bonchev–Trinajstić information content (AvgIpc) is 2.88. The number of rotatable bonds is 6. The van der Waals surface area contributed by atoms with Crippen LogP contribution in [0, 0.1) is 0 Å². The topological polar surface area (TPSA) is 21.7 Å². The van der Waals surface area contributed by atoms with E-state index in [1.54, 1.807) is 0 Å². The molecule has 4 unspecified atom stereocenters. The van der Waals surface area contributed by atoms with Gasteiger partial charge in [-0.3, -0.25) is 4.90 Å². The number of hydrogen-bond acceptors (Lipinski definition) is 3. The summed E-state index contributed by atoms with van der Waals surface area (Å²) < 4.78 is 156. The van der Waals surface area contributed by atoms with Gasteiger partial charge in [0.25, 0.3) is 18.0 Å². The van der Waals surface area contributed by atoms with Gasteiger partial charge in [0.2, 0.25) is 0 Å². The molecule has 0 aromatic rings. The van der Waals surface area contributed by atoms with Crippen molar-refractivity contribution in [2.45, 2.75) is 80.7 Å². The lowest BCUT2D eigenvalue weighted by molar-refractivity contribution is -0.299. The summed E-state index contributed by atoms with van der Waals surface area (Å²) in [5, 5.41) is 0. The first-order valence-electron chi connectivity index (χ1n) is 9.57. The average molecular weight is 481 g/mol. The van der Waals surface area contributed by atoms with Crippen LogP contribution < -0.4 is 0 Å². The quantitative estimate of drug-likeness (QED) is 0.491. The first kappa shape index (κ1) is 26.4. The Morgan fingerprint density at radius 1 is 0.742 bits per heavy atom. The Morgan fingerprint density at radius 3 is 1.71 bits per heavy atom. The van der Waals surface area contributed by atoms with Gasteiger partial charge in [-0.15, -0.1) is 0 Å². The summed E-state index contributed by atoms with van der Waals surface area (Å²) >= 11 is 0. The monoisotopic (exact) mass is 481 g/mol. The largest absolute Gasteiger partial charge is 0.425 e. The third kappa shape index (κ3) is 6.56. The molecule has 2 heterocycles. The SMILES string of the molecule is FC(C(F)(F)F)C(F)(F)CC1COC(C(F)(F)C(N2CCCCCC2)C(F)(F)F)CO1. The van der Waals surface area contributed by atoms with Crippen LogP contribution in [0.5, 0.6) is 0 Å². The van der Waals surface area contributed by atoms with Crippen LogP contribution in [0.3, 0.4) is 0 Å². The van der Waals surface area contributed by atoms with Gasteiger partial charge in [-0.1, -0.05) is 12.8 Å². The molecular weight excluding hydrogens is 459 g/mol. The molecule has 2 saturated heterocycles. The zero-order valence-electron chi connectivity index (χ0n) is 16.1. The van der Waals surface area contributed by atoms with Crippen LogP contribution in [0.4, 0.5) is 48.3 Å². The van der Waals surface area contributed by atoms with E-state index in [4.69, 9.17) is 0 Å². The van der Waals surface area contributed by atoms with Crippen molar-refractivity contribution in [1.29, 1.82) is 0 Å². The van der Waals surface area contributed by atoms with E-state index in [0.29, 0.717) is 17.7 Å². The molecule has 31 heavy (non-hydrogen) atoms. The molecule has 0 amide bonds. The third-order valence-corrected chi connectivity index (χ3v) is 5.23. The van der Waals surface area contributed by atoms with Crippen molar-refractivity contribution in [1.82, 2.24) is 4.90 Å². The Kier molecular flexibility index (Phi) is 8.11. The van der Waals surface area contributed by atoms with E-state index in [0.717, 1.165) is 0 Å². The van der Waals surface area contributed by atoms with Crippen LogP contribution >= 0.6 is 0 Å². The zero-order valence-corrected chi connectivity index (χ0v) is 16.1. The van der Waals surface area contributed by atoms with E-state index >= 15 is 0 Å². The number of nitrogens with zero attached hydrogens (tertiary/aromatic N) is 1. The van der Waals surface area contributed by atoms with E-state index in [1.165, 1.54) is 0 Å². The summed E-state index contributed by atoms with van der Waals surface area (Å²) in [6.07, 6.45) is -20.2. The number of ether oxygens (including phenoxy) is 2. The Morgan fingerprint density at radius 2 is 1.29 bits per heavy atom. The summed E-state index contributed by atoms with van der Waals surface area (Å²) in [5.41, 5.74) is 0. The van der Waals surface area contributed by atoms with Crippen LogP contribution in [0.25, 0.3) is 0 Å². The van der Waals surface area contributed by atoms with Gasteiger partial charge >= 0.3 is 12.4 Å². The summed E-state index contributed by atoms with van der Waals surface area (Å²) in [6.45, 7) is -2.85. The lowest BCUT2D eigenvalue weighted by Crippen LogP contribution is -2.63. The maximum atomic E-state index is 14.8. The minimum atomic E-state index is -5.86. The maximum absolute atomic E-state index is 14.8. The van der Waals surface area contributed by atoms with E-state index in [-0.39, 0.29) is 25.9 Å². The van der Waals surface area contributed by atoms with Gasteiger partial charge < -0.3 is 9.47 Å². The third-order valence-electron chi connectivity index (χ3n) is 5.23. The lowest BCUT2D eigenvalue weighted by Gasteiger charge is -2.42. The van der Waals surface area contributed by atoms with Crippen molar-refractivity contribution in [2.24, 2.45) is 0 Å². The standard InChI is InChI=1S/C17H22F11NO2/c18-12(16(23,24)25)14(19,20)7-10-8-31-11(9-30-10)15(21,22)13(17(26,27)28)29-5-3-1-2-4-6-29/h10-13H,1-9H2. The Hall–Kier alpha value is -0.890. The number of halogens is 11. The molecule has 4 atom stereocenters. The fraction of sp³-hybridized carbons (Fsp3) is 1.00. The van der Waals surface area contributed by atoms with Gasteiger partial charge in [-0.2, -0.15) is 26.3 Å². The van der Waals surface area contributed by atoms with Crippen LogP contribution in [-0.4, -0.2) is 79.8 Å². The second-order valence-corrected chi connectivity index (χ2v) is 7.72. The fourth-order valence-electron chi connectivity index (χ4n) is 3.73. The predicted molar refractivity (Wildman–Crippen MR) is 84.8 cm³/mol. The van der Waals surface area contributed by atoms with E-state index in [2.05, 4.69) is 9.47 Å². The molecule has 2 aliphatic rings. The first-order chi connectivity index (χ1) is 14.1. The zero-order chi connectivity index (χ0) is 23.7. The van der Waals surface area contributed by atoms with Gasteiger partial charge in [0.15, 0.2) is 6.04 Å². The van der Waals surface area contributed by atoms with Crippen LogP contribution in [0.1, 0.15) is 32.1 Å². The van der Waals surface area contributed by atoms with Gasteiger partial charge in [0.05, 0.1) is 19.3 Å². The van der Waals surface area contributed by atoms with Crippen molar-refractivity contribution in [2.75, 3.05) is 26.3 Å². The normalized spacial score (nSPS) is 27.6. The van der Waals surface area contributed by atoms with Crippen molar-refractivity contribution in [3.63, 3.8) is 0 Å². The molecule has 3 nitrogen and oxygen atoms in total. The van der Waals surface area contributed by atoms with Gasteiger partial charge in [0, 0.05) is 6.42 Å². The van der Waals surface area contributed by atoms with Crippen molar-refractivity contribution in [3.8, 4) is 0 Å². The second-order valence-electron chi connectivity index (χ2n) is 7.72. The fourth-order valence-corrected chi connectivity index (χ4v) is 3.73. The summed E-state index contributed by atoms with van der Waals surface area (Å²) in [7, 11) is 0. The summed E-state index contributed by atoms with van der Waals surface area (Å²) in [5.74, 6) is -9.45. The molecule has 0 aromatic heterocycles. The lowest BCUT2D eigenvalue weighted by atomic mass is 10.00. The van der Waals surface area contributed by atoms with Gasteiger partial charge in [-0.25, -0.2) is 22.0 Å². The minimum Gasteiger partial charge on any atom is -0.373 e. The molecule has 2 aliphatic heterocycles. The van der Waals surface area contributed by atoms with Crippen LogP contribution in [0.15, 0.2) is 0 Å². The number of likely N-dealkylation sites (tertiary alicyclic amines) is 1. The maximum Gasteiger partial charge on any atom is 0.425 e. The molecule has 0 bridgehead atoms. The molecular formula is C17H22F11NO2. The molecule has 0 aromatic carbocycles. The molecule has 2 fully saturated rings. The molecule has 0 aliphatic carbocycles. The van der Waals surface area contributed by atoms with Crippen molar-refractivity contribution in [3.05, 3.63) is 0 Å². The highest BCUT2D eigenvalue weighted by Crippen LogP contribution is 2.42. The molecule has 14 heteroatoms. The van der Waals surface area contributed by atoms with Crippen LogP contribution in [0.2, 0.25) is 0 Å². The summed E-state index contributed by atoms with van der Waals surface area (Å²) in [4.78, 5) is 0.605. The van der Waals surface area contributed by atoms with E-state index in [1.807, 2.05) is 0 Å². The highest BCUT2D eigenvalue weighted by Gasteiger charge is 2.63. The molecule has 2 rings (SSSR count). The second kappa shape index (κ2) is 9.54.